The van der Waals surface area contributed by atoms with Crippen LogP contribution < -0.4 is 0 Å². The van der Waals surface area contributed by atoms with Crippen LogP contribution in [0.25, 0.3) is 0 Å². The normalized spacial score (nSPS) is 8.70. The van der Waals surface area contributed by atoms with Crippen molar-refractivity contribution in [3.05, 3.63) is 0 Å². The topological polar surface area (TPSA) is 83.8 Å². The average molecular weight is 420 g/mol. The molecule has 0 aromatic rings. The summed E-state index contributed by atoms with van der Waals surface area (Å²) in [7, 11) is -4.57. The monoisotopic (exact) mass is 420 g/mol. The molecule has 10 heavy (non-hydrogen) atoms. The van der Waals surface area contributed by atoms with Crippen LogP contribution >= 0.6 is 7.82 Å². The van der Waals surface area contributed by atoms with E-state index in [4.69, 9.17) is 9.79 Å². The number of phosphoric acid groups is 1. The van der Waals surface area contributed by atoms with Gasteiger partial charge in [0.25, 0.3) is 0 Å². The molecule has 2 N–H and O–H groups in total. The summed E-state index contributed by atoms with van der Waals surface area (Å²) < 4.78 is 13.2. The summed E-state index contributed by atoms with van der Waals surface area (Å²) >= 11 is 0. The van der Waals surface area contributed by atoms with E-state index in [-0.39, 0.29) is 83.5 Å². The first-order chi connectivity index (χ1) is 3.42. The average Bonchev–Trinajstić information content (AvgIpc) is 1.21. The Balaban J connectivity index is -0.000000245. The van der Waals surface area contributed by atoms with E-state index in [2.05, 4.69) is 4.52 Å². The third-order valence-corrected chi connectivity index (χ3v) is 0.742. The van der Waals surface area contributed by atoms with Gasteiger partial charge >= 0.3 is 13.8 Å². The van der Waals surface area contributed by atoms with Crippen molar-refractivity contribution in [3.8, 4) is 0 Å². The minimum Gasteiger partial charge on any atom is -0.371 e. The number of phosphoric ester groups is 1. The molecule has 5 nitrogen and oxygen atoms in total. The summed E-state index contributed by atoms with van der Waals surface area (Å²) in [5.41, 5.74) is 0. The predicted molar refractivity (Wildman–Crippen MR) is 23.8 cm³/mol. The Morgan fingerprint density at radius 2 is 1.70 bits per heavy atom. The van der Waals surface area contributed by atoms with Crippen molar-refractivity contribution in [1.29, 1.82) is 0 Å². The van der Waals surface area contributed by atoms with E-state index in [0.29, 0.717) is 0 Å². The predicted octanol–water partition coefficient (Wildman–Crippen LogP) is -0.358. The summed E-state index contributed by atoms with van der Waals surface area (Å²) in [6.45, 7) is 0.916. The van der Waals surface area contributed by atoms with Gasteiger partial charge in [-0.2, -0.15) is 0 Å². The third kappa shape index (κ3) is 16.8. The molecule has 0 fully saturated rings. The van der Waals surface area contributed by atoms with Gasteiger partial charge in [0.2, 0.25) is 0 Å². The molecule has 0 bridgehead atoms. The van der Waals surface area contributed by atoms with Gasteiger partial charge in [-0.05, 0) is 0 Å². The van der Waals surface area contributed by atoms with E-state index in [1.54, 1.807) is 0 Å². The van der Waals surface area contributed by atoms with E-state index in [0.717, 1.165) is 6.92 Å². The summed E-state index contributed by atoms with van der Waals surface area (Å²) in [6, 6.07) is 0. The van der Waals surface area contributed by atoms with Gasteiger partial charge in [-0.25, -0.2) is 4.57 Å². The molecule has 56 valence electrons. The Morgan fingerprint density at radius 1 is 1.40 bits per heavy atom. The van der Waals surface area contributed by atoms with Crippen LogP contribution in [0.4, 0.5) is 0 Å². The molecule has 0 aromatic carbocycles. The standard InChI is InChI=1S/C2H5O5P.2Ce/c1-2(3)7-8(4,5)6;;/h1H3,(H2,4,5,6);;. The zero-order valence-electron chi connectivity index (χ0n) is 5.07. The number of hydrogen-bond acceptors (Lipinski definition) is 3. The minimum atomic E-state index is -4.57. The molecule has 0 radical (unpaired) electrons. The molecule has 0 amide bonds. The van der Waals surface area contributed by atoms with Crippen LogP contribution in [0, 0.1) is 83.5 Å². The first-order valence-electron chi connectivity index (χ1n) is 1.67. The van der Waals surface area contributed by atoms with Crippen molar-refractivity contribution in [1.82, 2.24) is 0 Å². The molecular formula is C2H5Ce2O5P. The molecule has 0 aromatic heterocycles. The van der Waals surface area contributed by atoms with E-state index in [1.165, 1.54) is 0 Å². The first-order valence-corrected chi connectivity index (χ1v) is 3.20. The molecule has 0 heterocycles. The van der Waals surface area contributed by atoms with Crippen LogP contribution in [-0.2, 0) is 13.9 Å². The van der Waals surface area contributed by atoms with Gasteiger partial charge in [0, 0.05) is 90.4 Å². The second-order valence-corrected chi connectivity index (χ2v) is 2.24. The Kier molecular flexibility index (Phi) is 14.6. The van der Waals surface area contributed by atoms with Crippen LogP contribution in [0.3, 0.4) is 0 Å². The number of carbonyl (C=O) groups is 1. The molecule has 0 aliphatic rings. The second kappa shape index (κ2) is 7.99. The van der Waals surface area contributed by atoms with Gasteiger partial charge in [0.05, 0.1) is 0 Å². The van der Waals surface area contributed by atoms with E-state index in [1.807, 2.05) is 0 Å². The first kappa shape index (κ1) is 18.2. The second-order valence-electron chi connectivity index (χ2n) is 1.07. The van der Waals surface area contributed by atoms with Crippen LogP contribution in [-0.4, -0.2) is 15.8 Å². The van der Waals surface area contributed by atoms with Crippen molar-refractivity contribution < 1.29 is 107 Å². The van der Waals surface area contributed by atoms with Gasteiger partial charge in [0.1, 0.15) is 0 Å². The number of carbonyl (C=O) groups excluding carboxylic acids is 1. The number of rotatable bonds is 1. The van der Waals surface area contributed by atoms with Crippen molar-refractivity contribution in [2.45, 2.75) is 6.92 Å². The molecule has 0 atom stereocenters. The van der Waals surface area contributed by atoms with E-state index < -0.39 is 13.8 Å². The fourth-order valence-electron chi connectivity index (χ4n) is 0.167. The zero-order valence-corrected chi connectivity index (χ0v) is 12.2. The van der Waals surface area contributed by atoms with Gasteiger partial charge in [-0.3, -0.25) is 14.6 Å². The van der Waals surface area contributed by atoms with Gasteiger partial charge in [0.15, 0.2) is 0 Å². The fourth-order valence-corrected chi connectivity index (χ4v) is 0.502. The summed E-state index contributed by atoms with van der Waals surface area (Å²) in [5, 5.41) is 0. The molecule has 0 saturated carbocycles. The quantitative estimate of drug-likeness (QED) is 0.567. The van der Waals surface area contributed by atoms with Crippen LogP contribution in [0.15, 0.2) is 0 Å². The van der Waals surface area contributed by atoms with Crippen molar-refractivity contribution in [2.75, 3.05) is 0 Å². The summed E-state index contributed by atoms with van der Waals surface area (Å²) in [5.74, 6) is -0.988. The van der Waals surface area contributed by atoms with Crippen molar-refractivity contribution in [2.24, 2.45) is 0 Å². The molecule has 8 heteroatoms. The third-order valence-electron chi connectivity index (χ3n) is 0.247. The maximum atomic E-state index is 9.74. The molecule has 0 aliphatic carbocycles. The summed E-state index contributed by atoms with van der Waals surface area (Å²) in [6.07, 6.45) is 0. The van der Waals surface area contributed by atoms with Gasteiger partial charge in [-0.15, -0.1) is 0 Å². The maximum Gasteiger partial charge on any atom is 0.526 e. The Hall–Kier alpha value is 2.37. The minimum absolute atomic E-state index is 0. The maximum absolute atomic E-state index is 9.74. The molecular weight excluding hydrogens is 415 g/mol. The molecule has 0 rings (SSSR count). The van der Waals surface area contributed by atoms with Gasteiger partial charge in [-0.1, -0.05) is 0 Å². The fraction of sp³-hybridized carbons (Fsp3) is 0.500. The van der Waals surface area contributed by atoms with Gasteiger partial charge < -0.3 is 4.52 Å². The smallest absolute Gasteiger partial charge is 0.371 e. The molecule has 0 aliphatic heterocycles. The van der Waals surface area contributed by atoms with Crippen molar-refractivity contribution >= 4 is 13.8 Å². The Morgan fingerprint density at radius 3 is 1.70 bits per heavy atom. The zero-order chi connectivity index (χ0) is 6.78. The molecule has 0 spiro atoms. The summed E-state index contributed by atoms with van der Waals surface area (Å²) in [4.78, 5) is 25.5. The SMILES string of the molecule is CC(=O)OP(=O)(O)O.[Ce].[Ce]. The van der Waals surface area contributed by atoms with E-state index in [9.17, 15) is 9.36 Å². The van der Waals surface area contributed by atoms with Crippen LogP contribution in [0.2, 0.25) is 0 Å². The number of hydrogen-bond donors (Lipinski definition) is 2. The Labute approximate surface area is 125 Å². The largest absolute Gasteiger partial charge is 0.526 e. The van der Waals surface area contributed by atoms with Crippen LogP contribution in [0.5, 0.6) is 0 Å². The Bertz CT molecular complexity index is 141. The van der Waals surface area contributed by atoms with Crippen molar-refractivity contribution in [3.63, 3.8) is 0 Å². The van der Waals surface area contributed by atoms with E-state index >= 15 is 0 Å². The van der Waals surface area contributed by atoms with Crippen LogP contribution in [0.1, 0.15) is 6.92 Å². The molecule has 0 saturated heterocycles. The molecule has 0 unspecified atom stereocenters.